The van der Waals surface area contributed by atoms with E-state index >= 15 is 0 Å². The van der Waals surface area contributed by atoms with Crippen LogP contribution in [0.5, 0.6) is 5.75 Å². The number of aromatic nitrogens is 1. The molecule has 0 spiro atoms. The van der Waals surface area contributed by atoms with E-state index in [0.29, 0.717) is 13.1 Å². The fourth-order valence-corrected chi connectivity index (χ4v) is 5.35. The highest BCUT2D eigenvalue weighted by Crippen LogP contribution is 2.36. The highest BCUT2D eigenvalue weighted by atomic mass is 32.1. The number of thiazole rings is 1. The maximum atomic E-state index is 12.8. The summed E-state index contributed by atoms with van der Waals surface area (Å²) in [5.74, 6) is 0.828. The Balaban J connectivity index is 1.53. The van der Waals surface area contributed by atoms with Crippen molar-refractivity contribution in [1.29, 1.82) is 0 Å². The molecule has 142 valence electrons. The first kappa shape index (κ1) is 18.2. The Morgan fingerprint density at radius 1 is 1.26 bits per heavy atom. The minimum atomic E-state index is 0.0615. The molecule has 1 aliphatic rings. The van der Waals surface area contributed by atoms with Crippen molar-refractivity contribution in [2.75, 3.05) is 25.5 Å². The molecule has 0 radical (unpaired) electrons. The van der Waals surface area contributed by atoms with Crippen LogP contribution < -0.4 is 10.1 Å². The summed E-state index contributed by atoms with van der Waals surface area (Å²) in [6.45, 7) is 5.26. The lowest BCUT2D eigenvalue weighted by atomic mass is 10.2. The van der Waals surface area contributed by atoms with Gasteiger partial charge in [0.25, 0.3) is 5.91 Å². The maximum absolute atomic E-state index is 12.8. The minimum Gasteiger partial charge on any atom is -0.495 e. The van der Waals surface area contributed by atoms with Gasteiger partial charge >= 0.3 is 0 Å². The van der Waals surface area contributed by atoms with E-state index in [0.717, 1.165) is 31.0 Å². The summed E-state index contributed by atoms with van der Waals surface area (Å²) in [5.41, 5.74) is 0.869. The van der Waals surface area contributed by atoms with Crippen molar-refractivity contribution in [1.82, 2.24) is 9.88 Å². The second kappa shape index (κ2) is 7.46. The molecular weight excluding hydrogens is 382 g/mol. The predicted octanol–water partition coefficient (Wildman–Crippen LogP) is 4.36. The first-order valence-electron chi connectivity index (χ1n) is 8.78. The Kier molecular flexibility index (Phi) is 5.03. The monoisotopic (exact) mass is 403 g/mol. The van der Waals surface area contributed by atoms with E-state index in [1.54, 1.807) is 7.11 Å². The first-order valence-corrected chi connectivity index (χ1v) is 10.4. The van der Waals surface area contributed by atoms with Gasteiger partial charge in [0.15, 0.2) is 5.13 Å². The molecule has 1 amide bonds. The number of para-hydroxylation sites is 2. The van der Waals surface area contributed by atoms with Crippen LogP contribution in [0.25, 0.3) is 9.53 Å². The lowest BCUT2D eigenvalue weighted by Crippen LogP contribution is -2.48. The van der Waals surface area contributed by atoms with E-state index in [1.165, 1.54) is 22.7 Å². The van der Waals surface area contributed by atoms with E-state index < -0.39 is 0 Å². The Hall–Kier alpha value is -2.16. The molecule has 27 heavy (non-hydrogen) atoms. The van der Waals surface area contributed by atoms with Gasteiger partial charge < -0.3 is 19.7 Å². The number of amides is 1. The Bertz CT molecular complexity index is 927. The number of methoxy groups -OCH3 is 1. The van der Waals surface area contributed by atoms with Crippen molar-refractivity contribution in [2.24, 2.45) is 0 Å². The van der Waals surface area contributed by atoms with Gasteiger partial charge in [-0.25, -0.2) is 4.98 Å². The average molecular weight is 404 g/mol. The van der Waals surface area contributed by atoms with Crippen LogP contribution in [0.3, 0.4) is 0 Å². The lowest BCUT2D eigenvalue weighted by molar-refractivity contribution is -0.0585. The minimum absolute atomic E-state index is 0.0615. The van der Waals surface area contributed by atoms with Crippen LogP contribution in [0.2, 0.25) is 0 Å². The molecule has 4 rings (SSSR count). The van der Waals surface area contributed by atoms with Crippen LogP contribution in [-0.4, -0.2) is 48.2 Å². The molecule has 1 saturated heterocycles. The number of anilines is 2. The third kappa shape index (κ3) is 3.78. The summed E-state index contributed by atoms with van der Waals surface area (Å²) in [6, 6.07) is 9.67. The number of nitrogens with one attached hydrogen (secondary N) is 1. The van der Waals surface area contributed by atoms with Crippen molar-refractivity contribution >= 4 is 48.9 Å². The van der Waals surface area contributed by atoms with Crippen LogP contribution in [0.1, 0.15) is 23.5 Å². The molecule has 8 heteroatoms. The van der Waals surface area contributed by atoms with Gasteiger partial charge in [0.1, 0.15) is 10.6 Å². The third-order valence-electron chi connectivity index (χ3n) is 4.36. The molecule has 3 aromatic rings. The van der Waals surface area contributed by atoms with Crippen molar-refractivity contribution in [3.63, 3.8) is 0 Å². The second-order valence-corrected chi connectivity index (χ2v) is 8.65. The number of morpholine rings is 1. The van der Waals surface area contributed by atoms with Gasteiger partial charge in [-0.3, -0.25) is 4.79 Å². The molecule has 2 aromatic heterocycles. The lowest BCUT2D eigenvalue weighted by Gasteiger charge is -2.35. The van der Waals surface area contributed by atoms with Crippen LogP contribution in [0.15, 0.2) is 30.3 Å². The molecule has 1 fully saturated rings. The number of thiophene rings is 1. The summed E-state index contributed by atoms with van der Waals surface area (Å²) in [4.78, 5) is 21.0. The van der Waals surface area contributed by atoms with Gasteiger partial charge in [0.2, 0.25) is 0 Å². The molecule has 2 atom stereocenters. The van der Waals surface area contributed by atoms with E-state index in [-0.39, 0.29) is 18.1 Å². The van der Waals surface area contributed by atoms with Crippen molar-refractivity contribution in [3.8, 4) is 5.75 Å². The Morgan fingerprint density at radius 2 is 2.00 bits per heavy atom. The quantitative estimate of drug-likeness (QED) is 0.701. The fraction of sp³-hybridized carbons (Fsp3) is 0.368. The second-order valence-electron chi connectivity index (χ2n) is 6.59. The van der Waals surface area contributed by atoms with E-state index in [2.05, 4.69) is 10.3 Å². The topological polar surface area (TPSA) is 63.7 Å². The fourth-order valence-electron chi connectivity index (χ4n) is 3.26. The molecular formula is C19H21N3O3S2. The normalized spacial score (nSPS) is 20.0. The number of fused-ring (bicyclic) bond motifs is 1. The van der Waals surface area contributed by atoms with Gasteiger partial charge in [-0.1, -0.05) is 23.5 Å². The van der Waals surface area contributed by atoms with Gasteiger partial charge in [-0.05, 0) is 32.0 Å². The SMILES string of the molecule is COc1ccccc1Nc1nc2sc(C(=O)N3C[C@@H](C)O[C@@H](C)C3)cc2s1. The smallest absolute Gasteiger partial charge is 0.264 e. The standard InChI is InChI=1S/C19H21N3O3S2/c1-11-9-22(10-12(2)25-11)18(23)16-8-15-17(26-16)21-19(27-15)20-13-6-4-5-7-14(13)24-3/h4-8,11-12H,9-10H2,1-3H3,(H,20,21)/t11-,12+. The van der Waals surface area contributed by atoms with Crippen LogP contribution in [0.4, 0.5) is 10.8 Å². The number of carbonyl (C=O) groups is 1. The van der Waals surface area contributed by atoms with Gasteiger partial charge in [0, 0.05) is 13.1 Å². The highest BCUT2D eigenvalue weighted by Gasteiger charge is 2.28. The number of rotatable bonds is 4. The third-order valence-corrected chi connectivity index (χ3v) is 6.42. The van der Waals surface area contributed by atoms with E-state index in [1.807, 2.05) is 49.1 Å². The van der Waals surface area contributed by atoms with Crippen LogP contribution in [-0.2, 0) is 4.74 Å². The van der Waals surface area contributed by atoms with Gasteiger partial charge in [-0.15, -0.1) is 11.3 Å². The zero-order valence-electron chi connectivity index (χ0n) is 15.4. The molecule has 1 aliphatic heterocycles. The van der Waals surface area contributed by atoms with Crippen molar-refractivity contribution in [3.05, 3.63) is 35.2 Å². The largest absolute Gasteiger partial charge is 0.495 e. The average Bonchev–Trinajstić information content (AvgIpc) is 3.19. The number of hydrogen-bond donors (Lipinski definition) is 1. The van der Waals surface area contributed by atoms with Crippen LogP contribution in [0, 0.1) is 0 Å². The summed E-state index contributed by atoms with van der Waals surface area (Å²) in [7, 11) is 1.65. The molecule has 0 aliphatic carbocycles. The van der Waals surface area contributed by atoms with Gasteiger partial charge in [0.05, 0.1) is 34.6 Å². The molecule has 1 aromatic carbocycles. The van der Waals surface area contributed by atoms with E-state index in [4.69, 9.17) is 9.47 Å². The Labute approximate surface area is 165 Å². The summed E-state index contributed by atoms with van der Waals surface area (Å²) >= 11 is 2.97. The Morgan fingerprint density at radius 3 is 2.70 bits per heavy atom. The zero-order valence-corrected chi connectivity index (χ0v) is 17.0. The number of carbonyl (C=O) groups excluding carboxylic acids is 1. The number of benzene rings is 1. The molecule has 6 nitrogen and oxygen atoms in total. The number of hydrogen-bond acceptors (Lipinski definition) is 7. The number of nitrogens with zero attached hydrogens (tertiary/aromatic N) is 2. The summed E-state index contributed by atoms with van der Waals surface area (Å²) in [5, 5.41) is 4.09. The molecule has 3 heterocycles. The molecule has 1 N–H and O–H groups in total. The highest BCUT2D eigenvalue weighted by molar-refractivity contribution is 7.29. The van der Waals surface area contributed by atoms with Crippen molar-refractivity contribution in [2.45, 2.75) is 26.1 Å². The van der Waals surface area contributed by atoms with Crippen molar-refractivity contribution < 1.29 is 14.3 Å². The zero-order chi connectivity index (χ0) is 19.0. The molecule has 0 saturated carbocycles. The summed E-state index contributed by atoms with van der Waals surface area (Å²) in [6.07, 6.45) is 0.127. The molecule has 0 unspecified atom stereocenters. The number of ether oxygens (including phenoxy) is 2. The summed E-state index contributed by atoms with van der Waals surface area (Å²) < 4.78 is 12.1. The van der Waals surface area contributed by atoms with Gasteiger partial charge in [-0.2, -0.15) is 0 Å². The molecule has 0 bridgehead atoms. The van der Waals surface area contributed by atoms with E-state index in [9.17, 15) is 4.79 Å². The maximum Gasteiger partial charge on any atom is 0.264 e. The predicted molar refractivity (Wildman–Crippen MR) is 110 cm³/mol. The van der Waals surface area contributed by atoms with Crippen LogP contribution >= 0.6 is 22.7 Å². The first-order chi connectivity index (χ1) is 13.0.